The predicted octanol–water partition coefficient (Wildman–Crippen LogP) is 4.33. The van der Waals surface area contributed by atoms with Crippen LogP contribution in [0.1, 0.15) is 46.0 Å². The highest BCUT2D eigenvalue weighted by Gasteiger charge is 2.33. The van der Waals surface area contributed by atoms with Crippen molar-refractivity contribution >= 4 is 29.0 Å². The Bertz CT molecular complexity index is 899. The summed E-state index contributed by atoms with van der Waals surface area (Å²) in [6, 6.07) is 5.14. The van der Waals surface area contributed by atoms with Crippen LogP contribution in [0.4, 0.5) is 0 Å². The summed E-state index contributed by atoms with van der Waals surface area (Å²) in [7, 11) is 0. The van der Waals surface area contributed by atoms with Crippen LogP contribution >= 0.6 is 23.2 Å². The molecule has 0 bridgehead atoms. The van der Waals surface area contributed by atoms with Gasteiger partial charge in [0.2, 0.25) is 0 Å². The zero-order valence-electron chi connectivity index (χ0n) is 12.6. The second-order valence-electron chi connectivity index (χ2n) is 5.80. The van der Waals surface area contributed by atoms with Gasteiger partial charge in [0.1, 0.15) is 0 Å². The molecule has 1 fully saturated rings. The maximum absolute atomic E-state index is 12.9. The summed E-state index contributed by atoms with van der Waals surface area (Å²) in [5.74, 6) is 0.752. The Kier molecular flexibility index (Phi) is 3.90. The molecular weight excluding hydrogens is 349 g/mol. The van der Waals surface area contributed by atoms with Crippen molar-refractivity contribution in [3.8, 4) is 0 Å². The number of carbonyl (C=O) groups is 1. The molecule has 0 unspecified atom stereocenters. The average molecular weight is 362 g/mol. The monoisotopic (exact) mass is 361 g/mol. The van der Waals surface area contributed by atoms with Crippen LogP contribution in [0.5, 0.6) is 0 Å². The number of aromatic nitrogens is 3. The van der Waals surface area contributed by atoms with Crippen molar-refractivity contribution in [2.75, 3.05) is 0 Å². The quantitative estimate of drug-likeness (QED) is 0.634. The summed E-state index contributed by atoms with van der Waals surface area (Å²) in [5.41, 5.74) is 1.54. The molecule has 0 aliphatic heterocycles. The molecule has 0 spiro atoms. The highest BCUT2D eigenvalue weighted by Crippen LogP contribution is 2.42. The van der Waals surface area contributed by atoms with Gasteiger partial charge in [-0.15, -0.1) is 0 Å². The summed E-state index contributed by atoms with van der Waals surface area (Å²) in [6.45, 7) is 0.394. The van der Waals surface area contributed by atoms with E-state index >= 15 is 0 Å². The number of halogens is 2. The molecule has 122 valence electrons. The van der Waals surface area contributed by atoms with Crippen molar-refractivity contribution in [2.45, 2.75) is 25.3 Å². The third-order valence-electron chi connectivity index (χ3n) is 4.10. The molecule has 1 saturated carbocycles. The molecule has 0 radical (unpaired) electrons. The lowest BCUT2D eigenvalue weighted by molar-refractivity contribution is 0.103. The largest absolute Gasteiger partial charge is 0.360 e. The van der Waals surface area contributed by atoms with Gasteiger partial charge in [0, 0.05) is 34.5 Å². The summed E-state index contributed by atoms with van der Waals surface area (Å²) < 4.78 is 6.96. The summed E-state index contributed by atoms with van der Waals surface area (Å²) in [4.78, 5) is 12.9. The molecule has 0 saturated heterocycles. The van der Waals surface area contributed by atoms with Gasteiger partial charge < -0.3 is 4.52 Å². The Balaban J connectivity index is 1.72. The smallest absolute Gasteiger partial charge is 0.199 e. The van der Waals surface area contributed by atoms with Gasteiger partial charge in [-0.3, -0.25) is 9.48 Å². The standard InChI is InChI=1S/C17H13Cl2N3O2/c18-14-5-4-11(15(19)13(14)9-22-7-1-6-20-22)16(23)12-8-21-24-17(12)10-2-3-10/h1,4-8,10H,2-3,9H2. The first-order valence-electron chi connectivity index (χ1n) is 7.58. The van der Waals surface area contributed by atoms with E-state index in [1.807, 2.05) is 12.3 Å². The van der Waals surface area contributed by atoms with Crippen LogP contribution in [-0.4, -0.2) is 20.7 Å². The molecule has 0 N–H and O–H groups in total. The summed E-state index contributed by atoms with van der Waals surface area (Å²) >= 11 is 12.8. The first-order chi connectivity index (χ1) is 11.6. The summed E-state index contributed by atoms with van der Waals surface area (Å²) in [6.07, 6.45) is 7.00. The molecule has 24 heavy (non-hydrogen) atoms. The zero-order chi connectivity index (χ0) is 16.7. The van der Waals surface area contributed by atoms with Crippen molar-refractivity contribution in [1.29, 1.82) is 0 Å². The van der Waals surface area contributed by atoms with Crippen LogP contribution < -0.4 is 0 Å². The first-order valence-corrected chi connectivity index (χ1v) is 8.34. The fourth-order valence-electron chi connectivity index (χ4n) is 2.68. The zero-order valence-corrected chi connectivity index (χ0v) is 14.1. The van der Waals surface area contributed by atoms with E-state index in [0.717, 1.165) is 12.8 Å². The van der Waals surface area contributed by atoms with Crippen molar-refractivity contribution in [2.24, 2.45) is 0 Å². The number of hydrogen-bond donors (Lipinski definition) is 0. The van der Waals surface area contributed by atoms with Gasteiger partial charge >= 0.3 is 0 Å². The maximum atomic E-state index is 12.9. The fourth-order valence-corrected chi connectivity index (χ4v) is 3.25. The summed E-state index contributed by atoms with van der Waals surface area (Å²) in [5, 5.41) is 8.77. The van der Waals surface area contributed by atoms with Gasteiger partial charge in [0.25, 0.3) is 0 Å². The van der Waals surface area contributed by atoms with E-state index < -0.39 is 0 Å². The van der Waals surface area contributed by atoms with Crippen molar-refractivity contribution in [3.05, 3.63) is 69.3 Å². The Hall–Kier alpha value is -2.11. The van der Waals surface area contributed by atoms with Gasteiger partial charge in [-0.1, -0.05) is 28.4 Å². The third kappa shape index (κ3) is 2.74. The molecule has 2 aromatic heterocycles. The average Bonchev–Trinajstić information content (AvgIpc) is 3.09. The minimum Gasteiger partial charge on any atom is -0.360 e. The second-order valence-corrected chi connectivity index (χ2v) is 6.58. The molecule has 1 aromatic carbocycles. The molecule has 7 heteroatoms. The highest BCUT2D eigenvalue weighted by molar-refractivity contribution is 6.38. The van der Waals surface area contributed by atoms with Crippen molar-refractivity contribution in [1.82, 2.24) is 14.9 Å². The number of nitrogens with zero attached hydrogens (tertiary/aromatic N) is 3. The fraction of sp³-hybridized carbons (Fsp3) is 0.235. The Morgan fingerprint density at radius 2 is 2.12 bits per heavy atom. The number of hydrogen-bond acceptors (Lipinski definition) is 4. The van der Waals surface area contributed by atoms with Gasteiger partial charge in [-0.25, -0.2) is 0 Å². The molecule has 0 amide bonds. The Morgan fingerprint density at radius 3 is 2.83 bits per heavy atom. The number of ketones is 1. The minimum atomic E-state index is -0.193. The van der Waals surface area contributed by atoms with Gasteiger partial charge in [-0.05, 0) is 31.0 Å². The molecule has 2 heterocycles. The van der Waals surface area contributed by atoms with Crippen LogP contribution in [0.15, 0.2) is 41.3 Å². The van der Waals surface area contributed by atoms with Crippen molar-refractivity contribution in [3.63, 3.8) is 0 Å². The number of benzene rings is 1. The van der Waals surface area contributed by atoms with E-state index in [0.29, 0.717) is 45.0 Å². The van der Waals surface area contributed by atoms with Crippen LogP contribution in [0.25, 0.3) is 0 Å². The Morgan fingerprint density at radius 1 is 1.29 bits per heavy atom. The van der Waals surface area contributed by atoms with Gasteiger partial charge in [-0.2, -0.15) is 5.10 Å². The van der Waals surface area contributed by atoms with Crippen LogP contribution in [0, 0.1) is 0 Å². The van der Waals surface area contributed by atoms with Crippen LogP contribution in [0.3, 0.4) is 0 Å². The highest BCUT2D eigenvalue weighted by atomic mass is 35.5. The molecule has 5 nitrogen and oxygen atoms in total. The number of rotatable bonds is 5. The van der Waals surface area contributed by atoms with Crippen molar-refractivity contribution < 1.29 is 9.32 Å². The number of carbonyl (C=O) groups excluding carboxylic acids is 1. The molecule has 4 rings (SSSR count). The lowest BCUT2D eigenvalue weighted by Gasteiger charge is -2.11. The van der Waals surface area contributed by atoms with E-state index in [1.165, 1.54) is 6.20 Å². The Labute approximate surface area is 148 Å². The second kappa shape index (κ2) is 6.07. The SMILES string of the molecule is O=C(c1cnoc1C1CC1)c1ccc(Cl)c(Cn2cccn2)c1Cl. The molecule has 3 aromatic rings. The van der Waals surface area contributed by atoms with E-state index in [-0.39, 0.29) is 5.78 Å². The lowest BCUT2D eigenvalue weighted by atomic mass is 10.0. The molecule has 0 atom stereocenters. The lowest BCUT2D eigenvalue weighted by Crippen LogP contribution is -2.08. The van der Waals surface area contributed by atoms with E-state index in [4.69, 9.17) is 27.7 Å². The van der Waals surface area contributed by atoms with E-state index in [1.54, 1.807) is 23.0 Å². The molecule has 1 aliphatic rings. The van der Waals surface area contributed by atoms with Crippen LogP contribution in [-0.2, 0) is 6.54 Å². The van der Waals surface area contributed by atoms with E-state index in [2.05, 4.69) is 10.3 Å². The first kappa shape index (κ1) is 15.4. The molecule has 1 aliphatic carbocycles. The predicted molar refractivity (Wildman–Crippen MR) is 89.7 cm³/mol. The van der Waals surface area contributed by atoms with Crippen LogP contribution in [0.2, 0.25) is 10.0 Å². The normalized spacial score (nSPS) is 14.1. The maximum Gasteiger partial charge on any atom is 0.199 e. The topological polar surface area (TPSA) is 60.9 Å². The van der Waals surface area contributed by atoms with Gasteiger partial charge in [0.05, 0.1) is 23.3 Å². The minimum absolute atomic E-state index is 0.193. The van der Waals surface area contributed by atoms with Gasteiger partial charge in [0.15, 0.2) is 11.5 Å². The third-order valence-corrected chi connectivity index (χ3v) is 4.89. The molecular formula is C17H13Cl2N3O2. The van der Waals surface area contributed by atoms with E-state index in [9.17, 15) is 4.79 Å².